The van der Waals surface area contributed by atoms with Gasteiger partial charge < -0.3 is 5.32 Å². The summed E-state index contributed by atoms with van der Waals surface area (Å²) < 4.78 is 24.0. The largest absolute Gasteiger partial charge is 0.351 e. The number of aromatic nitrogens is 1. The van der Waals surface area contributed by atoms with Crippen molar-refractivity contribution in [2.75, 3.05) is 5.75 Å². The summed E-state index contributed by atoms with van der Waals surface area (Å²) in [5.74, 6) is -1.25. The maximum absolute atomic E-state index is 12.0. The average molecular weight is 339 g/mol. The Kier molecular flexibility index (Phi) is 5.51. The van der Waals surface area contributed by atoms with E-state index in [1.807, 2.05) is 0 Å². The van der Waals surface area contributed by atoms with Gasteiger partial charge in [-0.1, -0.05) is 23.7 Å². The van der Waals surface area contributed by atoms with Crippen molar-refractivity contribution in [3.05, 3.63) is 64.9 Å². The average Bonchev–Trinajstić information content (AvgIpc) is 2.48. The first kappa shape index (κ1) is 16.5. The van der Waals surface area contributed by atoms with E-state index >= 15 is 0 Å². The minimum Gasteiger partial charge on any atom is -0.351 e. The molecule has 0 aliphatic rings. The van der Waals surface area contributed by atoms with Crippen LogP contribution in [-0.2, 0) is 26.9 Å². The van der Waals surface area contributed by atoms with Crippen LogP contribution in [0.3, 0.4) is 0 Å². The predicted octanol–water partition coefficient (Wildman–Crippen LogP) is 1.97. The Morgan fingerprint density at radius 2 is 1.68 bits per heavy atom. The zero-order chi connectivity index (χ0) is 16.0. The standard InChI is InChI=1S/C15H15ClN2O3S/c16-14-3-1-13(2-4-14)10-22(20,21)11-15(19)18-9-12-5-7-17-8-6-12/h1-8H,9-11H2,(H,18,19). The van der Waals surface area contributed by atoms with Crippen molar-refractivity contribution in [1.82, 2.24) is 10.3 Å². The van der Waals surface area contributed by atoms with Crippen molar-refractivity contribution >= 4 is 27.3 Å². The first-order valence-corrected chi connectivity index (χ1v) is 8.75. The molecular weight excluding hydrogens is 324 g/mol. The van der Waals surface area contributed by atoms with Gasteiger partial charge in [0.1, 0.15) is 5.75 Å². The summed E-state index contributed by atoms with van der Waals surface area (Å²) in [5.41, 5.74) is 1.46. The van der Waals surface area contributed by atoms with Crippen molar-refractivity contribution in [2.24, 2.45) is 0 Å². The van der Waals surface area contributed by atoms with Crippen LogP contribution in [0.25, 0.3) is 0 Å². The molecule has 0 fully saturated rings. The number of amides is 1. The number of pyridine rings is 1. The lowest BCUT2D eigenvalue weighted by molar-refractivity contribution is -0.118. The monoisotopic (exact) mass is 338 g/mol. The van der Waals surface area contributed by atoms with E-state index in [1.165, 1.54) is 0 Å². The van der Waals surface area contributed by atoms with E-state index in [0.717, 1.165) is 5.56 Å². The topological polar surface area (TPSA) is 76.1 Å². The molecule has 0 bridgehead atoms. The molecule has 1 N–H and O–H groups in total. The van der Waals surface area contributed by atoms with Crippen molar-refractivity contribution in [1.29, 1.82) is 0 Å². The van der Waals surface area contributed by atoms with Crippen LogP contribution in [0.15, 0.2) is 48.8 Å². The van der Waals surface area contributed by atoms with Gasteiger partial charge in [-0.3, -0.25) is 9.78 Å². The van der Waals surface area contributed by atoms with Crippen molar-refractivity contribution in [3.63, 3.8) is 0 Å². The van der Waals surface area contributed by atoms with Gasteiger partial charge in [-0.15, -0.1) is 0 Å². The molecule has 0 radical (unpaired) electrons. The van der Waals surface area contributed by atoms with Crippen LogP contribution in [0.2, 0.25) is 5.02 Å². The van der Waals surface area contributed by atoms with E-state index in [0.29, 0.717) is 10.6 Å². The van der Waals surface area contributed by atoms with Gasteiger partial charge >= 0.3 is 0 Å². The molecule has 5 nitrogen and oxygen atoms in total. The summed E-state index contributed by atoms with van der Waals surface area (Å²) in [6.07, 6.45) is 3.22. The number of sulfone groups is 1. The molecule has 0 saturated carbocycles. The fraction of sp³-hybridized carbons (Fsp3) is 0.200. The van der Waals surface area contributed by atoms with E-state index in [4.69, 9.17) is 11.6 Å². The maximum Gasteiger partial charge on any atom is 0.235 e. The Balaban J connectivity index is 1.88. The van der Waals surface area contributed by atoms with E-state index in [-0.39, 0.29) is 12.3 Å². The van der Waals surface area contributed by atoms with Gasteiger partial charge in [0.15, 0.2) is 9.84 Å². The summed E-state index contributed by atoms with van der Waals surface area (Å²) in [6.45, 7) is 0.276. The zero-order valence-corrected chi connectivity index (χ0v) is 13.3. The van der Waals surface area contributed by atoms with Gasteiger partial charge in [0, 0.05) is 24.0 Å². The highest BCUT2D eigenvalue weighted by Crippen LogP contribution is 2.12. The van der Waals surface area contributed by atoms with E-state index in [1.54, 1.807) is 48.8 Å². The van der Waals surface area contributed by atoms with Crippen LogP contribution >= 0.6 is 11.6 Å². The Hall–Kier alpha value is -1.92. The predicted molar refractivity (Wildman–Crippen MR) is 85.0 cm³/mol. The molecule has 2 aromatic rings. The molecule has 0 saturated heterocycles. The van der Waals surface area contributed by atoms with Gasteiger partial charge in [-0.25, -0.2) is 8.42 Å². The molecule has 0 unspecified atom stereocenters. The maximum atomic E-state index is 12.0. The van der Waals surface area contributed by atoms with Gasteiger partial charge in [0.05, 0.1) is 5.75 Å². The van der Waals surface area contributed by atoms with E-state index in [2.05, 4.69) is 10.3 Å². The molecule has 7 heteroatoms. The third-order valence-electron chi connectivity index (χ3n) is 2.89. The lowest BCUT2D eigenvalue weighted by atomic mass is 10.2. The summed E-state index contributed by atoms with van der Waals surface area (Å²) in [7, 11) is -3.52. The van der Waals surface area contributed by atoms with Crippen molar-refractivity contribution in [3.8, 4) is 0 Å². The molecule has 116 valence electrons. The number of carbonyl (C=O) groups is 1. The molecule has 1 amide bonds. The number of rotatable bonds is 6. The van der Waals surface area contributed by atoms with E-state index < -0.39 is 21.5 Å². The number of hydrogen-bond acceptors (Lipinski definition) is 4. The minimum atomic E-state index is -3.52. The van der Waals surface area contributed by atoms with Crippen LogP contribution in [0.1, 0.15) is 11.1 Å². The number of hydrogen-bond donors (Lipinski definition) is 1. The second-order valence-corrected chi connectivity index (χ2v) is 7.29. The first-order valence-electron chi connectivity index (χ1n) is 6.55. The fourth-order valence-electron chi connectivity index (χ4n) is 1.84. The number of nitrogens with zero attached hydrogens (tertiary/aromatic N) is 1. The Bertz CT molecular complexity index is 731. The molecule has 1 heterocycles. The quantitative estimate of drug-likeness (QED) is 0.873. The first-order chi connectivity index (χ1) is 10.4. The smallest absolute Gasteiger partial charge is 0.235 e. The lowest BCUT2D eigenvalue weighted by Crippen LogP contribution is -2.30. The Morgan fingerprint density at radius 3 is 2.32 bits per heavy atom. The number of halogens is 1. The molecule has 0 atom stereocenters. The molecular formula is C15H15ClN2O3S. The third-order valence-corrected chi connectivity index (χ3v) is 4.62. The summed E-state index contributed by atoms with van der Waals surface area (Å²) in [4.78, 5) is 15.6. The van der Waals surface area contributed by atoms with Crippen LogP contribution in [-0.4, -0.2) is 25.1 Å². The highest BCUT2D eigenvalue weighted by atomic mass is 35.5. The van der Waals surface area contributed by atoms with Gasteiger partial charge in [0.25, 0.3) is 0 Å². The lowest BCUT2D eigenvalue weighted by Gasteiger charge is -2.07. The molecule has 0 spiro atoms. The van der Waals surface area contributed by atoms with E-state index in [9.17, 15) is 13.2 Å². The summed E-state index contributed by atoms with van der Waals surface area (Å²) in [6, 6.07) is 10.0. The van der Waals surface area contributed by atoms with Crippen LogP contribution in [0, 0.1) is 0 Å². The zero-order valence-electron chi connectivity index (χ0n) is 11.7. The van der Waals surface area contributed by atoms with Crippen molar-refractivity contribution in [2.45, 2.75) is 12.3 Å². The fourth-order valence-corrected chi connectivity index (χ4v) is 3.27. The second-order valence-electron chi connectivity index (χ2n) is 4.79. The molecule has 22 heavy (non-hydrogen) atoms. The molecule has 1 aromatic carbocycles. The highest BCUT2D eigenvalue weighted by Gasteiger charge is 2.17. The number of nitrogens with one attached hydrogen (secondary N) is 1. The molecule has 0 aliphatic heterocycles. The Morgan fingerprint density at radius 1 is 1.05 bits per heavy atom. The molecule has 2 rings (SSSR count). The number of benzene rings is 1. The highest BCUT2D eigenvalue weighted by molar-refractivity contribution is 7.91. The van der Waals surface area contributed by atoms with Crippen LogP contribution in [0.5, 0.6) is 0 Å². The van der Waals surface area contributed by atoms with Crippen LogP contribution in [0.4, 0.5) is 0 Å². The molecule has 0 aliphatic carbocycles. The summed E-state index contributed by atoms with van der Waals surface area (Å²) >= 11 is 5.75. The third kappa shape index (κ3) is 5.46. The SMILES string of the molecule is O=C(CS(=O)(=O)Cc1ccc(Cl)cc1)NCc1ccncc1. The minimum absolute atomic E-state index is 0.188. The van der Waals surface area contributed by atoms with Gasteiger partial charge in [0.2, 0.25) is 5.91 Å². The second kappa shape index (κ2) is 7.38. The van der Waals surface area contributed by atoms with Crippen LogP contribution < -0.4 is 5.32 Å². The number of carbonyl (C=O) groups excluding carboxylic acids is 1. The van der Waals surface area contributed by atoms with Gasteiger partial charge in [-0.2, -0.15) is 0 Å². The van der Waals surface area contributed by atoms with Gasteiger partial charge in [-0.05, 0) is 35.4 Å². The molecule has 1 aromatic heterocycles. The normalized spacial score (nSPS) is 11.1. The summed E-state index contributed by atoms with van der Waals surface area (Å²) in [5, 5.41) is 3.12. The Labute approximate surface area is 134 Å². The van der Waals surface area contributed by atoms with Crippen molar-refractivity contribution < 1.29 is 13.2 Å².